The van der Waals surface area contributed by atoms with Crippen molar-refractivity contribution in [3.63, 3.8) is 0 Å². The Morgan fingerprint density at radius 2 is 1.95 bits per heavy atom. The molecule has 2 N–H and O–H groups in total. The van der Waals surface area contributed by atoms with Crippen LogP contribution in [0.2, 0.25) is 0 Å². The van der Waals surface area contributed by atoms with Crippen molar-refractivity contribution in [1.29, 1.82) is 0 Å². The maximum Gasteiger partial charge on any atom is 0.262 e. The van der Waals surface area contributed by atoms with E-state index in [1.54, 1.807) is 37.8 Å². The molecule has 0 aliphatic carbocycles. The van der Waals surface area contributed by atoms with Crippen molar-refractivity contribution in [2.24, 2.45) is 7.05 Å². The second-order valence-corrected chi connectivity index (χ2v) is 6.75. The zero-order valence-electron chi connectivity index (χ0n) is 12.5. The molecule has 2 rings (SSSR count). The molecule has 0 fully saturated rings. The highest BCUT2D eigenvalue weighted by Gasteiger charge is 2.20. The number of nitrogens with one attached hydrogen (secondary N) is 1. The summed E-state index contributed by atoms with van der Waals surface area (Å²) in [6, 6.07) is 3.28. The van der Waals surface area contributed by atoms with Gasteiger partial charge in [0.2, 0.25) is 0 Å². The first-order chi connectivity index (χ1) is 9.74. The molecule has 0 saturated heterocycles. The molecule has 0 saturated carbocycles. The van der Waals surface area contributed by atoms with E-state index >= 15 is 0 Å². The van der Waals surface area contributed by atoms with E-state index in [2.05, 4.69) is 9.82 Å². The fourth-order valence-electron chi connectivity index (χ4n) is 2.17. The van der Waals surface area contributed by atoms with Gasteiger partial charge in [0.1, 0.15) is 0 Å². The fraction of sp³-hybridized carbons (Fsp3) is 0.357. The lowest BCUT2D eigenvalue weighted by Crippen LogP contribution is -2.15. The van der Waals surface area contributed by atoms with E-state index in [9.17, 15) is 13.5 Å². The molecule has 0 atom stereocenters. The van der Waals surface area contributed by atoms with Crippen molar-refractivity contribution in [3.8, 4) is 0 Å². The summed E-state index contributed by atoms with van der Waals surface area (Å²) in [5.41, 5.74) is 3.12. The quantitative estimate of drug-likeness (QED) is 0.899. The van der Waals surface area contributed by atoms with E-state index in [1.165, 1.54) is 6.07 Å². The normalized spacial score (nSPS) is 11.7. The standard InChI is InChI=1S/C14H19N3O3S/c1-9-5-12(8-18)6-14(10(9)2)21(19,20)16-13-7-17(4)15-11(13)3/h5-7,16,18H,8H2,1-4H3. The first kappa shape index (κ1) is 15.5. The van der Waals surface area contributed by atoms with Gasteiger partial charge in [-0.25, -0.2) is 8.42 Å². The number of nitrogens with zero attached hydrogens (tertiary/aromatic N) is 2. The third-order valence-electron chi connectivity index (χ3n) is 3.41. The fourth-order valence-corrected chi connectivity index (χ4v) is 3.64. The zero-order valence-corrected chi connectivity index (χ0v) is 13.3. The summed E-state index contributed by atoms with van der Waals surface area (Å²) in [7, 11) is -1.99. The van der Waals surface area contributed by atoms with E-state index < -0.39 is 10.0 Å². The average molecular weight is 309 g/mol. The predicted octanol–water partition coefficient (Wildman–Crippen LogP) is 1.64. The third kappa shape index (κ3) is 3.08. The van der Waals surface area contributed by atoms with Crippen LogP contribution in [0.4, 0.5) is 5.69 Å². The topological polar surface area (TPSA) is 84.2 Å². The highest BCUT2D eigenvalue weighted by Crippen LogP contribution is 2.24. The van der Waals surface area contributed by atoms with Crippen LogP contribution in [-0.4, -0.2) is 23.3 Å². The van der Waals surface area contributed by atoms with E-state index in [4.69, 9.17) is 0 Å². The van der Waals surface area contributed by atoms with Gasteiger partial charge in [-0.2, -0.15) is 5.10 Å². The van der Waals surface area contributed by atoms with Crippen molar-refractivity contribution < 1.29 is 13.5 Å². The minimum absolute atomic E-state index is 0.176. The minimum Gasteiger partial charge on any atom is -0.392 e. The number of hydrogen-bond donors (Lipinski definition) is 2. The molecule has 0 amide bonds. The number of anilines is 1. The van der Waals surface area contributed by atoms with E-state index in [1.807, 2.05) is 6.92 Å². The van der Waals surface area contributed by atoms with Gasteiger partial charge in [-0.1, -0.05) is 6.07 Å². The molecule has 2 aromatic rings. The van der Waals surface area contributed by atoms with Crippen LogP contribution in [0.5, 0.6) is 0 Å². The summed E-state index contributed by atoms with van der Waals surface area (Å²) >= 11 is 0. The number of sulfonamides is 1. The lowest BCUT2D eigenvalue weighted by Gasteiger charge is -2.13. The number of aliphatic hydroxyl groups excluding tert-OH is 1. The Kier molecular flexibility index (Phi) is 4.06. The number of aryl methyl sites for hydroxylation is 3. The molecular weight excluding hydrogens is 290 g/mol. The van der Waals surface area contributed by atoms with Crippen LogP contribution in [0, 0.1) is 20.8 Å². The highest BCUT2D eigenvalue weighted by atomic mass is 32.2. The van der Waals surface area contributed by atoms with Crippen molar-refractivity contribution in [2.45, 2.75) is 32.3 Å². The van der Waals surface area contributed by atoms with Crippen LogP contribution >= 0.6 is 0 Å². The summed E-state index contributed by atoms with van der Waals surface area (Å²) in [6.45, 7) is 5.11. The van der Waals surface area contributed by atoms with Gasteiger partial charge in [0, 0.05) is 13.2 Å². The SMILES string of the molecule is Cc1cc(CO)cc(S(=O)(=O)Nc2cn(C)nc2C)c1C. The molecule has 1 heterocycles. The molecule has 114 valence electrons. The van der Waals surface area contributed by atoms with Gasteiger partial charge in [-0.15, -0.1) is 0 Å². The largest absolute Gasteiger partial charge is 0.392 e. The molecule has 0 aliphatic rings. The molecule has 1 aromatic carbocycles. The zero-order chi connectivity index (χ0) is 15.8. The summed E-state index contributed by atoms with van der Waals surface area (Å²) in [5, 5.41) is 13.4. The van der Waals surface area contributed by atoms with Crippen LogP contribution in [0.25, 0.3) is 0 Å². The third-order valence-corrected chi connectivity index (χ3v) is 4.90. The number of aliphatic hydroxyl groups is 1. The lowest BCUT2D eigenvalue weighted by atomic mass is 10.1. The van der Waals surface area contributed by atoms with Gasteiger partial charge < -0.3 is 5.11 Å². The Balaban J connectivity index is 2.49. The second kappa shape index (κ2) is 5.50. The molecule has 0 bridgehead atoms. The van der Waals surface area contributed by atoms with Crippen molar-refractivity contribution in [1.82, 2.24) is 9.78 Å². The highest BCUT2D eigenvalue weighted by molar-refractivity contribution is 7.92. The molecule has 0 aliphatic heterocycles. The number of hydrogen-bond acceptors (Lipinski definition) is 4. The van der Waals surface area contributed by atoms with Crippen LogP contribution in [0.15, 0.2) is 23.2 Å². The van der Waals surface area contributed by atoms with Crippen molar-refractivity contribution >= 4 is 15.7 Å². The molecule has 1 aromatic heterocycles. The van der Waals surface area contributed by atoms with Crippen LogP contribution in [-0.2, 0) is 23.7 Å². The summed E-state index contributed by atoms with van der Waals surface area (Å²) in [4.78, 5) is 0.176. The molecular formula is C14H19N3O3S. The average Bonchev–Trinajstić information content (AvgIpc) is 2.70. The van der Waals surface area contributed by atoms with Crippen LogP contribution in [0.1, 0.15) is 22.4 Å². The van der Waals surface area contributed by atoms with Crippen molar-refractivity contribution in [3.05, 3.63) is 40.7 Å². The molecule has 0 unspecified atom stereocenters. The van der Waals surface area contributed by atoms with Crippen molar-refractivity contribution in [2.75, 3.05) is 4.72 Å². The summed E-state index contributed by atoms with van der Waals surface area (Å²) in [5.74, 6) is 0. The molecule has 21 heavy (non-hydrogen) atoms. The summed E-state index contributed by atoms with van der Waals surface area (Å²) < 4.78 is 29.3. The predicted molar refractivity (Wildman–Crippen MR) is 80.6 cm³/mol. The number of rotatable bonds is 4. The van der Waals surface area contributed by atoms with Gasteiger partial charge >= 0.3 is 0 Å². The van der Waals surface area contributed by atoms with Gasteiger partial charge in [0.15, 0.2) is 0 Å². The number of aromatic nitrogens is 2. The molecule has 0 radical (unpaired) electrons. The molecule has 0 spiro atoms. The van der Waals surface area contributed by atoms with E-state index in [-0.39, 0.29) is 11.5 Å². The smallest absolute Gasteiger partial charge is 0.262 e. The molecule has 7 heteroatoms. The maximum atomic E-state index is 12.6. The Labute approximate surface area is 124 Å². The Hall–Kier alpha value is -1.86. The first-order valence-electron chi connectivity index (χ1n) is 6.48. The Morgan fingerprint density at radius 3 is 2.48 bits per heavy atom. The van der Waals surface area contributed by atoms with Gasteiger partial charge in [-0.3, -0.25) is 9.40 Å². The number of benzene rings is 1. The Morgan fingerprint density at radius 1 is 1.29 bits per heavy atom. The summed E-state index contributed by atoms with van der Waals surface area (Å²) in [6.07, 6.45) is 1.62. The van der Waals surface area contributed by atoms with E-state index in [0.29, 0.717) is 22.5 Å². The van der Waals surface area contributed by atoms with E-state index in [0.717, 1.165) is 5.56 Å². The first-order valence-corrected chi connectivity index (χ1v) is 7.97. The maximum absolute atomic E-state index is 12.6. The van der Waals surface area contributed by atoms with Crippen LogP contribution < -0.4 is 4.72 Å². The lowest BCUT2D eigenvalue weighted by molar-refractivity contribution is 0.281. The monoisotopic (exact) mass is 309 g/mol. The van der Waals surface area contributed by atoms with Gasteiger partial charge in [0.25, 0.3) is 10.0 Å². The second-order valence-electron chi connectivity index (χ2n) is 5.10. The van der Waals surface area contributed by atoms with Crippen LogP contribution in [0.3, 0.4) is 0 Å². The molecule has 6 nitrogen and oxygen atoms in total. The Bertz CT molecular complexity index is 779. The van der Waals surface area contributed by atoms with Gasteiger partial charge in [-0.05, 0) is 43.5 Å². The van der Waals surface area contributed by atoms with Gasteiger partial charge in [0.05, 0.1) is 22.9 Å². The minimum atomic E-state index is -3.72.